The Bertz CT molecular complexity index is 1450. The van der Waals surface area contributed by atoms with Crippen molar-refractivity contribution in [3.05, 3.63) is 95.3 Å². The van der Waals surface area contributed by atoms with Crippen LogP contribution < -0.4 is 21.1 Å². The predicted molar refractivity (Wildman–Crippen MR) is 176 cm³/mol. The molecule has 1 aliphatic rings. The monoisotopic (exact) mass is 632 g/mol. The van der Waals surface area contributed by atoms with Crippen molar-refractivity contribution in [1.82, 2.24) is 10.2 Å². The van der Waals surface area contributed by atoms with E-state index in [0.29, 0.717) is 49.8 Å². The van der Waals surface area contributed by atoms with Crippen molar-refractivity contribution in [3.63, 3.8) is 0 Å². The topological polar surface area (TPSA) is 123 Å². The van der Waals surface area contributed by atoms with Crippen molar-refractivity contribution >= 4 is 23.4 Å². The van der Waals surface area contributed by atoms with Crippen LogP contribution in [0.25, 0.3) is 0 Å². The van der Waals surface area contributed by atoms with Crippen molar-refractivity contribution in [3.8, 4) is 5.75 Å². The zero-order chi connectivity index (χ0) is 33.1. The smallest absolute Gasteiger partial charge is 0.254 e. The Labute approximate surface area is 270 Å². The average molecular weight is 633 g/mol. The number of hydrogen-bond acceptors (Lipinski definition) is 6. The first kappa shape index (κ1) is 34.6. The highest BCUT2D eigenvalue weighted by Gasteiger charge is 2.31. The van der Waals surface area contributed by atoms with Gasteiger partial charge in [0.1, 0.15) is 11.6 Å². The van der Waals surface area contributed by atoms with Crippen LogP contribution >= 0.6 is 0 Å². The van der Waals surface area contributed by atoms with Crippen LogP contribution in [0.15, 0.2) is 72.8 Å². The van der Waals surface area contributed by atoms with E-state index in [-0.39, 0.29) is 29.8 Å². The molecule has 1 heterocycles. The molecule has 0 saturated carbocycles. The van der Waals surface area contributed by atoms with Gasteiger partial charge in [0.25, 0.3) is 11.8 Å². The van der Waals surface area contributed by atoms with Crippen LogP contribution in [0.1, 0.15) is 66.3 Å². The Hall–Kier alpha value is -4.28. The number of anilines is 1. The molecule has 4 rings (SSSR count). The number of nitrogens with two attached hydrogens (primary N) is 1. The highest BCUT2D eigenvalue weighted by Crippen LogP contribution is 2.25. The van der Waals surface area contributed by atoms with E-state index in [1.165, 1.54) is 24.3 Å². The first-order valence-electron chi connectivity index (χ1n) is 16.0. The second-order valence-electron chi connectivity index (χ2n) is 11.7. The van der Waals surface area contributed by atoms with E-state index < -0.39 is 29.7 Å². The molecule has 0 bridgehead atoms. The molecule has 3 aromatic carbocycles. The molecule has 0 aliphatic carbocycles. The van der Waals surface area contributed by atoms with Crippen LogP contribution in [0.4, 0.5) is 10.1 Å². The number of amides is 3. The standard InChI is InChI=1S/C36H45FN4O5/c1-4-45-23-30-12-9-17-41(30)36(44)27-20-26(21-31(22-27)46-5-2)35(43)40-33(19-25-10-7-6-8-11-25)32(38)18-24(3)34(42)39-29-15-13-28(37)14-16-29/h6-8,10-11,13-16,20-22,24,30,32-33H,4-5,9,12,17-19,23,38H2,1-3H3,(H,39,42)(H,40,43)/t24-,30-,32+,33+/m1/s1. The van der Waals surface area contributed by atoms with Crippen LogP contribution in [-0.4, -0.2) is 67.1 Å². The minimum Gasteiger partial charge on any atom is -0.494 e. The summed E-state index contributed by atoms with van der Waals surface area (Å²) in [6, 6.07) is 19.0. The van der Waals surface area contributed by atoms with Gasteiger partial charge in [-0.2, -0.15) is 0 Å². The Balaban J connectivity index is 1.53. The van der Waals surface area contributed by atoms with Crippen LogP contribution in [0.2, 0.25) is 0 Å². The van der Waals surface area contributed by atoms with Crippen molar-refractivity contribution < 1.29 is 28.2 Å². The molecule has 1 aliphatic heterocycles. The zero-order valence-electron chi connectivity index (χ0n) is 26.8. The summed E-state index contributed by atoms with van der Waals surface area (Å²) in [4.78, 5) is 42.2. The lowest BCUT2D eigenvalue weighted by atomic mass is 9.91. The van der Waals surface area contributed by atoms with Gasteiger partial charge in [-0.05, 0) is 87.6 Å². The Morgan fingerprint density at radius 2 is 1.72 bits per heavy atom. The van der Waals surface area contributed by atoms with Crippen molar-refractivity contribution in [2.45, 2.75) is 64.6 Å². The molecule has 1 saturated heterocycles. The molecule has 246 valence electrons. The lowest BCUT2D eigenvalue weighted by Crippen LogP contribution is -2.50. The van der Waals surface area contributed by atoms with Gasteiger partial charge in [0, 0.05) is 48.0 Å². The molecule has 10 heteroatoms. The van der Waals surface area contributed by atoms with E-state index >= 15 is 0 Å². The fourth-order valence-electron chi connectivity index (χ4n) is 5.71. The number of benzene rings is 3. The van der Waals surface area contributed by atoms with Gasteiger partial charge in [0.2, 0.25) is 5.91 Å². The van der Waals surface area contributed by atoms with Crippen molar-refractivity contribution in [1.29, 1.82) is 0 Å². The molecule has 3 amide bonds. The molecule has 0 aromatic heterocycles. The van der Waals surface area contributed by atoms with Gasteiger partial charge in [-0.3, -0.25) is 14.4 Å². The maximum atomic E-state index is 13.8. The predicted octanol–water partition coefficient (Wildman–Crippen LogP) is 5.20. The molecular weight excluding hydrogens is 587 g/mol. The van der Waals surface area contributed by atoms with Gasteiger partial charge in [-0.25, -0.2) is 4.39 Å². The third-order valence-corrected chi connectivity index (χ3v) is 8.20. The minimum absolute atomic E-state index is 0.0176. The van der Waals surface area contributed by atoms with Gasteiger partial charge in [0.15, 0.2) is 0 Å². The van der Waals surface area contributed by atoms with E-state index in [1.807, 2.05) is 49.1 Å². The maximum Gasteiger partial charge on any atom is 0.254 e. The third kappa shape index (κ3) is 9.61. The van der Waals surface area contributed by atoms with E-state index in [0.717, 1.165) is 18.4 Å². The quantitative estimate of drug-likeness (QED) is 0.212. The number of nitrogens with one attached hydrogen (secondary N) is 2. The number of hydrogen-bond donors (Lipinski definition) is 3. The summed E-state index contributed by atoms with van der Waals surface area (Å²) in [5, 5.41) is 5.88. The Morgan fingerprint density at radius 1 is 1.00 bits per heavy atom. The van der Waals surface area contributed by atoms with E-state index in [9.17, 15) is 18.8 Å². The van der Waals surface area contributed by atoms with Gasteiger partial charge in [0.05, 0.1) is 19.3 Å². The lowest BCUT2D eigenvalue weighted by Gasteiger charge is -2.28. The third-order valence-electron chi connectivity index (χ3n) is 8.20. The fourth-order valence-corrected chi connectivity index (χ4v) is 5.71. The average Bonchev–Trinajstić information content (AvgIpc) is 3.53. The number of rotatable bonds is 15. The molecule has 0 spiro atoms. The molecule has 3 aromatic rings. The van der Waals surface area contributed by atoms with Crippen LogP contribution in [0.5, 0.6) is 5.75 Å². The van der Waals surface area contributed by atoms with Gasteiger partial charge >= 0.3 is 0 Å². The Morgan fingerprint density at radius 3 is 2.41 bits per heavy atom. The van der Waals surface area contributed by atoms with Gasteiger partial charge in [-0.1, -0.05) is 37.3 Å². The van der Waals surface area contributed by atoms with E-state index in [1.54, 1.807) is 25.1 Å². The maximum absolute atomic E-state index is 13.8. The minimum atomic E-state index is -0.585. The molecule has 4 atom stereocenters. The summed E-state index contributed by atoms with van der Waals surface area (Å²) >= 11 is 0. The lowest BCUT2D eigenvalue weighted by molar-refractivity contribution is -0.119. The number of likely N-dealkylation sites (tertiary alicyclic amines) is 1. The summed E-state index contributed by atoms with van der Waals surface area (Å²) in [6.07, 6.45) is 2.47. The second-order valence-corrected chi connectivity index (χ2v) is 11.7. The molecule has 4 N–H and O–H groups in total. The summed E-state index contributed by atoms with van der Waals surface area (Å²) in [7, 11) is 0. The zero-order valence-corrected chi connectivity index (χ0v) is 26.8. The van der Waals surface area contributed by atoms with Gasteiger partial charge < -0.3 is 30.7 Å². The number of ether oxygens (including phenoxy) is 2. The van der Waals surface area contributed by atoms with Crippen LogP contribution in [0, 0.1) is 11.7 Å². The van der Waals surface area contributed by atoms with E-state index in [2.05, 4.69) is 10.6 Å². The van der Waals surface area contributed by atoms with Crippen LogP contribution in [-0.2, 0) is 16.0 Å². The largest absolute Gasteiger partial charge is 0.494 e. The molecule has 1 fully saturated rings. The second kappa shape index (κ2) is 16.9. The number of carbonyl (C=O) groups excluding carboxylic acids is 3. The highest BCUT2D eigenvalue weighted by molar-refractivity contribution is 6.00. The first-order chi connectivity index (χ1) is 22.2. The summed E-state index contributed by atoms with van der Waals surface area (Å²) in [5.41, 5.74) is 8.80. The van der Waals surface area contributed by atoms with Crippen molar-refractivity contribution in [2.24, 2.45) is 11.7 Å². The summed E-state index contributed by atoms with van der Waals surface area (Å²) < 4.78 is 24.7. The first-order valence-corrected chi connectivity index (χ1v) is 16.0. The fraction of sp³-hybridized carbons (Fsp3) is 0.417. The number of nitrogens with zero attached hydrogens (tertiary/aromatic N) is 1. The SMILES string of the molecule is CCOC[C@H]1CCCN1C(=O)c1cc(OCC)cc(C(=O)N[C@@H](Cc2ccccc2)[C@@H](N)C[C@@H](C)C(=O)Nc2ccc(F)cc2)c1. The van der Waals surface area contributed by atoms with Crippen molar-refractivity contribution in [2.75, 3.05) is 31.7 Å². The Kier molecular flexibility index (Phi) is 12.7. The number of halogens is 1. The van der Waals surface area contributed by atoms with Crippen LogP contribution in [0.3, 0.4) is 0 Å². The van der Waals surface area contributed by atoms with E-state index in [4.69, 9.17) is 15.2 Å². The number of carbonyl (C=O) groups is 3. The molecular formula is C36H45FN4O5. The highest BCUT2D eigenvalue weighted by atomic mass is 19.1. The molecule has 0 radical (unpaired) electrons. The normalized spacial score (nSPS) is 16.4. The molecule has 9 nitrogen and oxygen atoms in total. The summed E-state index contributed by atoms with van der Waals surface area (Å²) in [6.45, 7) is 7.58. The van der Waals surface area contributed by atoms with Gasteiger partial charge in [-0.15, -0.1) is 0 Å². The molecule has 0 unspecified atom stereocenters. The molecule has 46 heavy (non-hydrogen) atoms. The summed E-state index contributed by atoms with van der Waals surface area (Å²) in [5.74, 6) is -1.29.